The summed E-state index contributed by atoms with van der Waals surface area (Å²) < 4.78 is 2.16. The molecule has 0 aliphatic carbocycles. The van der Waals surface area contributed by atoms with Gasteiger partial charge in [0, 0.05) is 44.2 Å². The zero-order valence-electron chi connectivity index (χ0n) is 16.1. The van der Waals surface area contributed by atoms with Gasteiger partial charge in [-0.25, -0.2) is 0 Å². The number of rotatable bonds is 5. The van der Waals surface area contributed by atoms with Crippen LogP contribution in [-0.2, 0) is 24.3 Å². The summed E-state index contributed by atoms with van der Waals surface area (Å²) in [6, 6.07) is 6.01. The Hall–Kier alpha value is -2.28. The van der Waals surface area contributed by atoms with Crippen LogP contribution in [0.2, 0.25) is 0 Å². The van der Waals surface area contributed by atoms with E-state index in [2.05, 4.69) is 42.1 Å². The van der Waals surface area contributed by atoms with Gasteiger partial charge in [-0.2, -0.15) is 0 Å². The van der Waals surface area contributed by atoms with Crippen LogP contribution in [0, 0.1) is 12.8 Å². The summed E-state index contributed by atoms with van der Waals surface area (Å²) >= 11 is 0. The lowest BCUT2D eigenvalue weighted by molar-refractivity contribution is -0.124. The monoisotopic (exact) mass is 356 g/mol. The minimum absolute atomic E-state index is 0.0376. The van der Waals surface area contributed by atoms with E-state index < -0.39 is 0 Å². The van der Waals surface area contributed by atoms with Crippen molar-refractivity contribution >= 4 is 5.91 Å². The first-order chi connectivity index (χ1) is 12.4. The predicted molar refractivity (Wildman–Crippen MR) is 99.4 cm³/mol. The van der Waals surface area contributed by atoms with Gasteiger partial charge in [0.05, 0.1) is 11.7 Å². The molecule has 2 aromatic rings. The molecule has 3 heterocycles. The second kappa shape index (κ2) is 7.95. The van der Waals surface area contributed by atoms with Gasteiger partial charge in [0.1, 0.15) is 5.82 Å². The fourth-order valence-corrected chi connectivity index (χ4v) is 3.23. The van der Waals surface area contributed by atoms with Gasteiger partial charge in [-0.05, 0) is 26.0 Å². The van der Waals surface area contributed by atoms with Crippen LogP contribution in [0.3, 0.4) is 0 Å². The van der Waals surface area contributed by atoms with Crippen LogP contribution in [0.1, 0.15) is 49.8 Å². The molecule has 0 aromatic carbocycles. The fraction of sp³-hybridized carbons (Fsp3) is 0.579. The molecular formula is C19H28N6O. The van der Waals surface area contributed by atoms with Crippen molar-refractivity contribution in [3.8, 4) is 0 Å². The number of nitrogens with zero attached hydrogens (tertiary/aromatic N) is 5. The van der Waals surface area contributed by atoms with Crippen LogP contribution in [0.5, 0.6) is 0 Å². The molecule has 140 valence electrons. The molecule has 3 rings (SSSR count). The van der Waals surface area contributed by atoms with Crippen LogP contribution in [0.15, 0.2) is 18.2 Å². The number of nitrogens with one attached hydrogen (secondary N) is 1. The molecule has 2 aromatic heterocycles. The number of aryl methyl sites for hydroxylation is 1. The van der Waals surface area contributed by atoms with E-state index in [9.17, 15) is 4.79 Å². The maximum absolute atomic E-state index is 12.0. The number of hydrogen-bond donors (Lipinski definition) is 1. The molecule has 0 fully saturated rings. The fourth-order valence-electron chi connectivity index (χ4n) is 3.23. The summed E-state index contributed by atoms with van der Waals surface area (Å²) in [6.07, 6.45) is 0.851. The molecule has 7 heteroatoms. The van der Waals surface area contributed by atoms with E-state index in [1.165, 1.54) is 0 Å². The molecule has 7 nitrogen and oxygen atoms in total. The van der Waals surface area contributed by atoms with Crippen molar-refractivity contribution in [1.29, 1.82) is 0 Å². The summed E-state index contributed by atoms with van der Waals surface area (Å²) in [4.78, 5) is 19.0. The van der Waals surface area contributed by atoms with Crippen LogP contribution < -0.4 is 5.32 Å². The van der Waals surface area contributed by atoms with E-state index in [4.69, 9.17) is 0 Å². The predicted octanol–water partition coefficient (Wildman–Crippen LogP) is 1.87. The van der Waals surface area contributed by atoms with Crippen molar-refractivity contribution in [3.05, 3.63) is 41.2 Å². The van der Waals surface area contributed by atoms with Crippen molar-refractivity contribution in [2.45, 2.75) is 53.2 Å². The lowest BCUT2D eigenvalue weighted by Crippen LogP contribution is -2.32. The van der Waals surface area contributed by atoms with E-state index in [0.29, 0.717) is 0 Å². The van der Waals surface area contributed by atoms with E-state index in [1.54, 1.807) is 0 Å². The van der Waals surface area contributed by atoms with Crippen molar-refractivity contribution in [2.24, 2.45) is 5.92 Å². The number of pyridine rings is 1. The van der Waals surface area contributed by atoms with E-state index >= 15 is 0 Å². The van der Waals surface area contributed by atoms with Gasteiger partial charge < -0.3 is 9.88 Å². The highest BCUT2D eigenvalue weighted by Gasteiger charge is 2.23. The first-order valence-electron chi connectivity index (χ1n) is 9.31. The van der Waals surface area contributed by atoms with Crippen molar-refractivity contribution in [1.82, 2.24) is 30.0 Å². The molecule has 26 heavy (non-hydrogen) atoms. The Morgan fingerprint density at radius 2 is 2.00 bits per heavy atom. The minimum Gasteiger partial charge on any atom is -0.346 e. The largest absolute Gasteiger partial charge is 0.346 e. The number of carbonyl (C=O) groups is 1. The molecule has 0 spiro atoms. The first-order valence-corrected chi connectivity index (χ1v) is 9.31. The van der Waals surface area contributed by atoms with Crippen molar-refractivity contribution in [2.75, 3.05) is 13.1 Å². The molecule has 0 saturated carbocycles. The van der Waals surface area contributed by atoms with Crippen molar-refractivity contribution in [3.63, 3.8) is 0 Å². The second-order valence-electron chi connectivity index (χ2n) is 7.31. The topological polar surface area (TPSA) is 75.9 Å². The maximum Gasteiger partial charge on any atom is 0.223 e. The summed E-state index contributed by atoms with van der Waals surface area (Å²) in [5.41, 5.74) is 2.15. The normalized spacial score (nSPS) is 16.2. The van der Waals surface area contributed by atoms with Crippen LogP contribution in [-0.4, -0.2) is 43.6 Å². The third-order valence-corrected chi connectivity index (χ3v) is 4.75. The zero-order valence-corrected chi connectivity index (χ0v) is 16.1. The molecule has 0 radical (unpaired) electrons. The Bertz CT molecular complexity index is 769. The zero-order chi connectivity index (χ0) is 18.7. The molecule has 1 N–H and O–H groups in total. The summed E-state index contributed by atoms with van der Waals surface area (Å²) in [6.45, 7) is 11.3. The van der Waals surface area contributed by atoms with Gasteiger partial charge in [0.15, 0.2) is 5.82 Å². The third kappa shape index (κ3) is 4.27. The second-order valence-corrected chi connectivity index (χ2v) is 7.31. The average Bonchev–Trinajstić information content (AvgIpc) is 2.90. The molecule has 0 bridgehead atoms. The average molecular weight is 356 g/mol. The first kappa shape index (κ1) is 18.5. The van der Waals surface area contributed by atoms with Gasteiger partial charge in [0.25, 0.3) is 0 Å². The molecule has 1 atom stereocenters. The van der Waals surface area contributed by atoms with Gasteiger partial charge in [-0.3, -0.25) is 14.7 Å². The molecule has 1 amide bonds. The maximum atomic E-state index is 12.0. The highest BCUT2D eigenvalue weighted by molar-refractivity contribution is 5.78. The number of hydrogen-bond acceptors (Lipinski definition) is 5. The molecule has 0 unspecified atom stereocenters. The molecule has 1 aliphatic rings. The quantitative estimate of drug-likeness (QED) is 0.885. The Kier molecular flexibility index (Phi) is 5.66. The highest BCUT2D eigenvalue weighted by Crippen LogP contribution is 2.17. The van der Waals surface area contributed by atoms with Gasteiger partial charge in [0.2, 0.25) is 5.91 Å². The van der Waals surface area contributed by atoms with Crippen LogP contribution in [0.25, 0.3) is 0 Å². The van der Waals surface area contributed by atoms with E-state index in [-0.39, 0.29) is 17.9 Å². The Morgan fingerprint density at radius 3 is 2.73 bits per heavy atom. The van der Waals surface area contributed by atoms with Gasteiger partial charge in [-0.15, -0.1) is 10.2 Å². The summed E-state index contributed by atoms with van der Waals surface area (Å²) in [5.74, 6) is 1.83. The van der Waals surface area contributed by atoms with Crippen LogP contribution in [0.4, 0.5) is 0 Å². The molecular weight excluding hydrogens is 328 g/mol. The van der Waals surface area contributed by atoms with Crippen LogP contribution >= 0.6 is 0 Å². The third-order valence-electron chi connectivity index (χ3n) is 4.75. The van der Waals surface area contributed by atoms with E-state index in [1.807, 2.05) is 33.8 Å². The highest BCUT2D eigenvalue weighted by atomic mass is 16.1. The van der Waals surface area contributed by atoms with Gasteiger partial charge in [-0.1, -0.05) is 19.9 Å². The summed E-state index contributed by atoms with van der Waals surface area (Å²) in [5, 5.41) is 11.7. The molecule has 1 aliphatic heterocycles. The number of fused-ring (bicyclic) bond motifs is 1. The minimum atomic E-state index is -0.142. The number of aromatic nitrogens is 4. The Balaban J connectivity index is 1.67. The van der Waals surface area contributed by atoms with Gasteiger partial charge >= 0.3 is 0 Å². The lowest BCUT2D eigenvalue weighted by atomic mass is 10.2. The number of carbonyl (C=O) groups excluding carboxylic acids is 1. The van der Waals surface area contributed by atoms with Crippen molar-refractivity contribution < 1.29 is 4.79 Å². The standard InChI is InChI=1S/C19H28N6O/c1-13(2)19(26)21-15(4)18-23-22-17-8-9-24(10-11-25(17)18)12-16-7-5-6-14(3)20-16/h5-7,13,15H,8-12H2,1-4H3,(H,21,26)/t15-/m1/s1. The summed E-state index contributed by atoms with van der Waals surface area (Å²) in [7, 11) is 0. The smallest absolute Gasteiger partial charge is 0.223 e. The SMILES string of the molecule is Cc1cccc(CN2CCc3nnc([C@@H](C)NC(=O)C(C)C)n3CC2)n1. The Labute approximate surface area is 154 Å². The lowest BCUT2D eigenvalue weighted by Gasteiger charge is -2.20. The number of amides is 1. The van der Waals surface area contributed by atoms with E-state index in [0.717, 1.165) is 55.6 Å². The Morgan fingerprint density at radius 1 is 1.19 bits per heavy atom. The molecule has 0 saturated heterocycles.